The lowest BCUT2D eigenvalue weighted by atomic mass is 9.88. The largest absolute Gasteiger partial charge is 0.299 e. The molecule has 2 aliphatic carbocycles. The van der Waals surface area contributed by atoms with Gasteiger partial charge in [-0.3, -0.25) is 4.79 Å². The molecule has 0 N–H and O–H groups in total. The molecule has 1 fully saturated rings. The van der Waals surface area contributed by atoms with Crippen molar-refractivity contribution in [1.29, 1.82) is 0 Å². The fraction of sp³-hybridized carbons (Fsp3) is 0.462. The van der Waals surface area contributed by atoms with Gasteiger partial charge in [0, 0.05) is 12.3 Å². The highest BCUT2D eigenvalue weighted by Crippen LogP contribution is 2.32. The third-order valence-electron chi connectivity index (χ3n) is 3.07. The second kappa shape index (κ2) is 3.95. The van der Waals surface area contributed by atoms with E-state index in [4.69, 9.17) is 0 Å². The van der Waals surface area contributed by atoms with Crippen molar-refractivity contribution in [3.8, 4) is 0 Å². The van der Waals surface area contributed by atoms with Crippen molar-refractivity contribution < 1.29 is 4.79 Å². The predicted octanol–water partition coefficient (Wildman–Crippen LogP) is 3.04. The second-order valence-corrected chi connectivity index (χ2v) is 4.34. The maximum Gasteiger partial charge on any atom is 0.140 e. The van der Waals surface area contributed by atoms with Crippen molar-refractivity contribution in [2.45, 2.75) is 25.7 Å². The van der Waals surface area contributed by atoms with E-state index in [-0.39, 0.29) is 5.92 Å². The molecule has 0 aromatic carbocycles. The Labute approximate surface area is 85.2 Å². The molecule has 74 valence electrons. The van der Waals surface area contributed by atoms with Crippen LogP contribution in [0.15, 0.2) is 36.5 Å². The van der Waals surface area contributed by atoms with Gasteiger partial charge >= 0.3 is 0 Å². The summed E-state index contributed by atoms with van der Waals surface area (Å²) >= 11 is 0. The molecule has 0 bridgehead atoms. The van der Waals surface area contributed by atoms with Gasteiger partial charge in [0.2, 0.25) is 0 Å². The third-order valence-corrected chi connectivity index (χ3v) is 3.07. The van der Waals surface area contributed by atoms with Crippen LogP contribution in [0.3, 0.4) is 0 Å². The van der Waals surface area contributed by atoms with Crippen LogP contribution in [0, 0.1) is 11.8 Å². The lowest BCUT2D eigenvalue weighted by Crippen LogP contribution is -2.11. The van der Waals surface area contributed by atoms with Crippen LogP contribution < -0.4 is 0 Å². The minimum absolute atomic E-state index is 0.253. The first kappa shape index (κ1) is 9.45. The van der Waals surface area contributed by atoms with E-state index in [1.807, 2.05) is 0 Å². The van der Waals surface area contributed by atoms with Crippen LogP contribution >= 0.6 is 0 Å². The zero-order chi connectivity index (χ0) is 9.97. The fourth-order valence-corrected chi connectivity index (χ4v) is 2.31. The number of hydrogen-bond donors (Lipinski definition) is 0. The zero-order valence-electron chi connectivity index (χ0n) is 8.41. The van der Waals surface area contributed by atoms with Crippen molar-refractivity contribution in [2.24, 2.45) is 11.8 Å². The molecule has 2 rings (SSSR count). The SMILES string of the molecule is C=C1CC(=O)C(CC2C=CC=CC2)C1. The molecule has 0 heterocycles. The van der Waals surface area contributed by atoms with Crippen LogP contribution in [0.5, 0.6) is 0 Å². The van der Waals surface area contributed by atoms with Gasteiger partial charge in [0.15, 0.2) is 0 Å². The number of allylic oxidation sites excluding steroid dienone is 5. The summed E-state index contributed by atoms with van der Waals surface area (Å²) in [5.41, 5.74) is 1.12. The number of ketones is 1. The first-order valence-electron chi connectivity index (χ1n) is 5.28. The molecule has 14 heavy (non-hydrogen) atoms. The monoisotopic (exact) mass is 188 g/mol. The highest BCUT2D eigenvalue weighted by Gasteiger charge is 2.28. The molecular formula is C13H16O. The smallest absolute Gasteiger partial charge is 0.140 e. The van der Waals surface area contributed by atoms with E-state index < -0.39 is 0 Å². The molecule has 0 radical (unpaired) electrons. The van der Waals surface area contributed by atoms with Crippen LogP contribution in [0.1, 0.15) is 25.7 Å². The molecule has 0 amide bonds. The van der Waals surface area contributed by atoms with E-state index in [1.165, 1.54) is 0 Å². The first-order chi connectivity index (χ1) is 6.75. The van der Waals surface area contributed by atoms with Gasteiger partial charge in [0.25, 0.3) is 0 Å². The summed E-state index contributed by atoms with van der Waals surface area (Å²) in [4.78, 5) is 11.6. The minimum atomic E-state index is 0.253. The van der Waals surface area contributed by atoms with E-state index in [1.54, 1.807) is 0 Å². The lowest BCUT2D eigenvalue weighted by Gasteiger charge is -2.16. The molecule has 1 nitrogen and oxygen atoms in total. The Morgan fingerprint density at radius 3 is 2.86 bits per heavy atom. The Hall–Kier alpha value is -1.11. The van der Waals surface area contributed by atoms with Gasteiger partial charge in [0.05, 0.1) is 0 Å². The van der Waals surface area contributed by atoms with Crippen molar-refractivity contribution in [2.75, 3.05) is 0 Å². The van der Waals surface area contributed by atoms with Gasteiger partial charge in [0.1, 0.15) is 5.78 Å². The molecule has 1 heteroatoms. The Kier molecular flexibility index (Phi) is 2.67. The van der Waals surface area contributed by atoms with Gasteiger partial charge < -0.3 is 0 Å². The summed E-state index contributed by atoms with van der Waals surface area (Å²) in [6, 6.07) is 0. The first-order valence-corrected chi connectivity index (χ1v) is 5.28. The molecular weight excluding hydrogens is 172 g/mol. The maximum absolute atomic E-state index is 11.6. The third kappa shape index (κ3) is 2.03. The topological polar surface area (TPSA) is 17.1 Å². The molecule has 1 saturated carbocycles. The van der Waals surface area contributed by atoms with E-state index in [2.05, 4.69) is 30.9 Å². The van der Waals surface area contributed by atoms with Crippen LogP contribution in [-0.4, -0.2) is 5.78 Å². The van der Waals surface area contributed by atoms with Crippen LogP contribution in [0.4, 0.5) is 0 Å². The van der Waals surface area contributed by atoms with Gasteiger partial charge in [-0.05, 0) is 25.2 Å². The Morgan fingerprint density at radius 1 is 1.43 bits per heavy atom. The van der Waals surface area contributed by atoms with Gasteiger partial charge in [-0.1, -0.05) is 36.5 Å². The Bertz CT molecular complexity index is 309. The van der Waals surface area contributed by atoms with Gasteiger partial charge in [-0.15, -0.1) is 0 Å². The quantitative estimate of drug-likeness (QED) is 0.609. The molecule has 0 aromatic heterocycles. The highest BCUT2D eigenvalue weighted by molar-refractivity contribution is 5.86. The molecule has 0 spiro atoms. The second-order valence-electron chi connectivity index (χ2n) is 4.34. The Morgan fingerprint density at radius 2 is 2.29 bits per heavy atom. The Balaban J connectivity index is 1.91. The number of carbonyl (C=O) groups excluding carboxylic acids is 1. The average molecular weight is 188 g/mol. The van der Waals surface area contributed by atoms with Gasteiger partial charge in [-0.2, -0.15) is 0 Å². The summed E-state index contributed by atoms with van der Waals surface area (Å²) < 4.78 is 0. The fourth-order valence-electron chi connectivity index (χ4n) is 2.31. The summed E-state index contributed by atoms with van der Waals surface area (Å²) in [6.07, 6.45) is 12.2. The summed E-state index contributed by atoms with van der Waals surface area (Å²) in [7, 11) is 0. The van der Waals surface area contributed by atoms with Crippen molar-refractivity contribution in [3.05, 3.63) is 36.5 Å². The summed E-state index contributed by atoms with van der Waals surface area (Å²) in [6.45, 7) is 3.90. The number of hydrogen-bond acceptors (Lipinski definition) is 1. The maximum atomic E-state index is 11.6. The molecule has 2 atom stereocenters. The molecule has 2 unspecified atom stereocenters. The average Bonchev–Trinajstić information content (AvgIpc) is 2.47. The van der Waals surface area contributed by atoms with E-state index in [0.29, 0.717) is 18.1 Å². The van der Waals surface area contributed by atoms with Crippen LogP contribution in [0.2, 0.25) is 0 Å². The number of rotatable bonds is 2. The normalized spacial score (nSPS) is 31.4. The van der Waals surface area contributed by atoms with Crippen molar-refractivity contribution >= 4 is 5.78 Å². The van der Waals surface area contributed by atoms with E-state index in [9.17, 15) is 4.79 Å². The molecule has 0 saturated heterocycles. The molecule has 2 aliphatic rings. The molecule has 0 aliphatic heterocycles. The van der Waals surface area contributed by atoms with E-state index in [0.717, 1.165) is 24.8 Å². The van der Waals surface area contributed by atoms with Crippen LogP contribution in [-0.2, 0) is 4.79 Å². The van der Waals surface area contributed by atoms with Gasteiger partial charge in [-0.25, -0.2) is 0 Å². The minimum Gasteiger partial charge on any atom is -0.299 e. The van der Waals surface area contributed by atoms with E-state index >= 15 is 0 Å². The van der Waals surface area contributed by atoms with Crippen LogP contribution in [0.25, 0.3) is 0 Å². The lowest BCUT2D eigenvalue weighted by molar-refractivity contribution is -0.120. The zero-order valence-corrected chi connectivity index (χ0v) is 8.41. The predicted molar refractivity (Wildman–Crippen MR) is 57.9 cm³/mol. The number of Topliss-reactive ketones (excluding diaryl/α,β-unsaturated/α-hetero) is 1. The van der Waals surface area contributed by atoms with Crippen molar-refractivity contribution in [3.63, 3.8) is 0 Å². The number of carbonyl (C=O) groups is 1. The summed E-state index contributed by atoms with van der Waals surface area (Å²) in [5.74, 6) is 1.22. The summed E-state index contributed by atoms with van der Waals surface area (Å²) in [5, 5.41) is 0. The van der Waals surface area contributed by atoms with Crippen molar-refractivity contribution in [1.82, 2.24) is 0 Å². The molecule has 0 aromatic rings. The standard InChI is InChI=1S/C13H16O/c1-10-7-12(13(14)8-10)9-11-5-3-2-4-6-11/h2-5,11-12H,1,6-9H2. The highest BCUT2D eigenvalue weighted by atomic mass is 16.1.